The molecule has 0 unspecified atom stereocenters. The molecule has 1 saturated heterocycles. The van der Waals surface area contributed by atoms with E-state index in [4.69, 9.17) is 4.74 Å². The van der Waals surface area contributed by atoms with E-state index in [1.165, 1.54) is 12.1 Å². The highest BCUT2D eigenvalue weighted by Gasteiger charge is 2.17. The molecule has 1 aliphatic heterocycles. The number of anilines is 1. The first kappa shape index (κ1) is 16.4. The fourth-order valence-electron chi connectivity index (χ4n) is 2.59. The molecule has 0 radical (unpaired) electrons. The largest absolute Gasteiger partial charge is 0.376 e. The first-order valence-corrected chi connectivity index (χ1v) is 8.10. The average molecular weight is 330 g/mol. The molecule has 0 saturated carbocycles. The maximum Gasteiger partial charge on any atom is 0.272 e. The van der Waals surface area contributed by atoms with E-state index in [0.717, 1.165) is 30.8 Å². The maximum atomic E-state index is 12.9. The number of carbonyl (C=O) groups is 1. The van der Waals surface area contributed by atoms with Crippen molar-refractivity contribution in [3.8, 4) is 0 Å². The minimum Gasteiger partial charge on any atom is -0.376 e. The molecule has 2 aromatic rings. The minimum atomic E-state index is -0.247. The Hall–Kier alpha value is -2.47. The molecule has 2 heterocycles. The third-order valence-electron chi connectivity index (χ3n) is 3.99. The minimum absolute atomic E-state index is 0.119. The highest BCUT2D eigenvalue weighted by Crippen LogP contribution is 2.11. The SMILES string of the molecule is O=C(NC[C@@H]1CCCO1)c1ccc(NCc2ccc(F)cc2)[nH+]c1. The molecule has 126 valence electrons. The molecular formula is C18H21FN3O2+. The van der Waals surface area contributed by atoms with Crippen LogP contribution in [0.15, 0.2) is 42.6 Å². The highest BCUT2D eigenvalue weighted by atomic mass is 19.1. The molecule has 1 aromatic carbocycles. The van der Waals surface area contributed by atoms with E-state index in [0.29, 0.717) is 18.7 Å². The first-order chi connectivity index (χ1) is 11.7. The zero-order chi connectivity index (χ0) is 16.8. The van der Waals surface area contributed by atoms with Gasteiger partial charge >= 0.3 is 0 Å². The van der Waals surface area contributed by atoms with Gasteiger partial charge in [-0.1, -0.05) is 12.1 Å². The third-order valence-corrected chi connectivity index (χ3v) is 3.99. The number of H-pyrrole nitrogens is 1. The molecule has 3 rings (SSSR count). The molecule has 3 N–H and O–H groups in total. The molecule has 0 aliphatic carbocycles. The van der Waals surface area contributed by atoms with Crippen molar-refractivity contribution < 1.29 is 18.9 Å². The van der Waals surface area contributed by atoms with Gasteiger partial charge in [0.05, 0.1) is 11.7 Å². The number of nitrogens with one attached hydrogen (secondary N) is 3. The van der Waals surface area contributed by atoms with Crippen molar-refractivity contribution >= 4 is 11.7 Å². The van der Waals surface area contributed by atoms with Crippen LogP contribution in [-0.4, -0.2) is 25.2 Å². The lowest BCUT2D eigenvalue weighted by Gasteiger charge is -2.10. The van der Waals surface area contributed by atoms with Gasteiger partial charge in [-0.3, -0.25) is 10.1 Å². The second-order valence-electron chi connectivity index (χ2n) is 5.82. The molecule has 0 bridgehead atoms. The van der Waals surface area contributed by atoms with E-state index >= 15 is 0 Å². The highest BCUT2D eigenvalue weighted by molar-refractivity contribution is 5.93. The number of aromatic nitrogens is 1. The van der Waals surface area contributed by atoms with Crippen LogP contribution in [0.25, 0.3) is 0 Å². The van der Waals surface area contributed by atoms with Gasteiger partial charge in [-0.2, -0.15) is 0 Å². The van der Waals surface area contributed by atoms with Crippen LogP contribution in [0.2, 0.25) is 0 Å². The lowest BCUT2D eigenvalue weighted by molar-refractivity contribution is -0.361. The first-order valence-electron chi connectivity index (χ1n) is 8.10. The van der Waals surface area contributed by atoms with Gasteiger partial charge in [-0.05, 0) is 36.6 Å². The lowest BCUT2D eigenvalue weighted by Crippen LogP contribution is -2.32. The van der Waals surface area contributed by atoms with E-state index < -0.39 is 0 Å². The third kappa shape index (κ3) is 4.52. The maximum absolute atomic E-state index is 12.9. The number of pyridine rings is 1. The summed E-state index contributed by atoms with van der Waals surface area (Å²) in [6.45, 7) is 1.90. The summed E-state index contributed by atoms with van der Waals surface area (Å²) in [5, 5.41) is 6.08. The molecular weight excluding hydrogens is 309 g/mol. The van der Waals surface area contributed by atoms with Crippen molar-refractivity contribution in [2.75, 3.05) is 18.5 Å². The van der Waals surface area contributed by atoms with Crippen LogP contribution in [0.3, 0.4) is 0 Å². The van der Waals surface area contributed by atoms with Crippen molar-refractivity contribution in [1.82, 2.24) is 5.32 Å². The molecule has 1 atom stereocenters. The smallest absolute Gasteiger partial charge is 0.272 e. The van der Waals surface area contributed by atoms with Crippen molar-refractivity contribution in [3.05, 3.63) is 59.5 Å². The number of benzene rings is 1. The number of hydrogen-bond acceptors (Lipinski definition) is 3. The lowest BCUT2D eigenvalue weighted by atomic mass is 10.2. The predicted molar refractivity (Wildman–Crippen MR) is 88.0 cm³/mol. The van der Waals surface area contributed by atoms with Crippen LogP contribution in [0, 0.1) is 5.82 Å². The van der Waals surface area contributed by atoms with E-state index in [-0.39, 0.29) is 17.8 Å². The van der Waals surface area contributed by atoms with Gasteiger partial charge in [0, 0.05) is 19.2 Å². The molecule has 1 aliphatic rings. The van der Waals surface area contributed by atoms with Gasteiger partial charge in [0.15, 0.2) is 0 Å². The molecule has 1 amide bonds. The van der Waals surface area contributed by atoms with Gasteiger partial charge < -0.3 is 10.1 Å². The summed E-state index contributed by atoms with van der Waals surface area (Å²) in [6.07, 6.45) is 3.86. The molecule has 0 spiro atoms. The number of aromatic amines is 1. The van der Waals surface area contributed by atoms with Crippen LogP contribution < -0.4 is 15.6 Å². The summed E-state index contributed by atoms with van der Waals surface area (Å²) in [7, 11) is 0. The zero-order valence-electron chi connectivity index (χ0n) is 13.3. The second kappa shape index (κ2) is 7.88. The zero-order valence-corrected chi connectivity index (χ0v) is 13.3. The Balaban J connectivity index is 1.48. The topological polar surface area (TPSA) is 64.5 Å². The Labute approximate surface area is 140 Å². The molecule has 1 aromatic heterocycles. The number of amides is 1. The van der Waals surface area contributed by atoms with Crippen molar-refractivity contribution in [2.24, 2.45) is 0 Å². The van der Waals surface area contributed by atoms with Gasteiger partial charge in [0.25, 0.3) is 11.7 Å². The average Bonchev–Trinajstić information content (AvgIpc) is 3.13. The van der Waals surface area contributed by atoms with E-state index in [1.807, 2.05) is 6.07 Å². The second-order valence-corrected chi connectivity index (χ2v) is 5.82. The van der Waals surface area contributed by atoms with Gasteiger partial charge in [-0.25, -0.2) is 9.37 Å². The predicted octanol–water partition coefficient (Wildman–Crippen LogP) is 2.16. The summed E-state index contributed by atoms with van der Waals surface area (Å²) >= 11 is 0. The fraction of sp³-hybridized carbons (Fsp3) is 0.333. The standard InChI is InChI=1S/C18H20FN3O2/c19-15-6-3-13(4-7-15)10-20-17-8-5-14(11-21-17)18(23)22-12-16-2-1-9-24-16/h3-8,11,16H,1-2,9-10,12H2,(H,20,21)(H,22,23)/p+1/t16-/m0/s1. The molecule has 1 fully saturated rings. The number of rotatable bonds is 6. The van der Waals surface area contributed by atoms with Crippen LogP contribution in [0.1, 0.15) is 28.8 Å². The van der Waals surface area contributed by atoms with Crippen molar-refractivity contribution in [1.29, 1.82) is 0 Å². The number of ether oxygens (including phenoxy) is 1. The summed E-state index contributed by atoms with van der Waals surface area (Å²) in [6, 6.07) is 9.90. The Morgan fingerprint density at radius 3 is 2.75 bits per heavy atom. The van der Waals surface area contributed by atoms with Gasteiger partial charge in [0.2, 0.25) is 0 Å². The van der Waals surface area contributed by atoms with E-state index in [1.54, 1.807) is 24.4 Å². The monoisotopic (exact) mass is 330 g/mol. The van der Waals surface area contributed by atoms with E-state index in [9.17, 15) is 9.18 Å². The van der Waals surface area contributed by atoms with Crippen LogP contribution in [0.5, 0.6) is 0 Å². The number of hydrogen-bond donors (Lipinski definition) is 2. The summed E-state index contributed by atoms with van der Waals surface area (Å²) in [5.74, 6) is 0.422. The summed E-state index contributed by atoms with van der Waals surface area (Å²) in [4.78, 5) is 15.1. The normalized spacial score (nSPS) is 16.8. The molecule has 5 nitrogen and oxygen atoms in total. The quantitative estimate of drug-likeness (QED) is 0.853. The van der Waals surface area contributed by atoms with Crippen LogP contribution >= 0.6 is 0 Å². The molecule has 24 heavy (non-hydrogen) atoms. The van der Waals surface area contributed by atoms with Crippen LogP contribution in [-0.2, 0) is 11.3 Å². The van der Waals surface area contributed by atoms with E-state index in [2.05, 4.69) is 15.6 Å². The Kier molecular flexibility index (Phi) is 5.38. The fourth-order valence-corrected chi connectivity index (χ4v) is 2.59. The number of carbonyl (C=O) groups excluding carboxylic acids is 1. The Bertz CT molecular complexity index is 668. The van der Waals surface area contributed by atoms with Crippen molar-refractivity contribution in [3.63, 3.8) is 0 Å². The van der Waals surface area contributed by atoms with Gasteiger partial charge in [-0.15, -0.1) is 0 Å². The summed E-state index contributed by atoms with van der Waals surface area (Å²) < 4.78 is 18.3. The Morgan fingerprint density at radius 1 is 1.25 bits per heavy atom. The molecule has 6 heteroatoms. The number of halogens is 1. The summed E-state index contributed by atoms with van der Waals surface area (Å²) in [5.41, 5.74) is 1.54. The van der Waals surface area contributed by atoms with Crippen LogP contribution in [0.4, 0.5) is 10.2 Å². The van der Waals surface area contributed by atoms with Gasteiger partial charge in [0.1, 0.15) is 18.6 Å². The Morgan fingerprint density at radius 2 is 2.08 bits per heavy atom. The van der Waals surface area contributed by atoms with Crippen molar-refractivity contribution in [2.45, 2.75) is 25.5 Å².